The van der Waals surface area contributed by atoms with E-state index in [2.05, 4.69) is 4.79 Å². The molecule has 1 unspecified atom stereocenters. The molecule has 120 valence electrons. The average molecular weight is 346 g/mol. The Morgan fingerprint density at radius 3 is 2.45 bits per heavy atom. The van der Waals surface area contributed by atoms with Gasteiger partial charge in [-0.2, -0.15) is 13.2 Å². The number of halogens is 1. The molecule has 22 heavy (non-hydrogen) atoms. The highest BCUT2D eigenvalue weighted by Crippen LogP contribution is 2.28. The molecule has 6 nitrogen and oxygen atoms in total. The van der Waals surface area contributed by atoms with Gasteiger partial charge in [0, 0.05) is 0 Å². The van der Waals surface area contributed by atoms with Gasteiger partial charge in [0.15, 0.2) is 0 Å². The molecule has 0 aromatic rings. The predicted octanol–water partition coefficient (Wildman–Crippen LogP) is 1.45. The smallest absolute Gasteiger partial charge is 0.360 e. The van der Waals surface area contributed by atoms with Crippen molar-refractivity contribution in [3.63, 3.8) is 0 Å². The van der Waals surface area contributed by atoms with Gasteiger partial charge in [-0.15, -0.1) is 0 Å². The lowest BCUT2D eigenvalue weighted by atomic mass is 9.90. The lowest BCUT2D eigenvalue weighted by molar-refractivity contribution is -0.00904. The maximum absolute atomic E-state index is 13.2. The zero-order valence-electron chi connectivity index (χ0n) is 11.6. The van der Waals surface area contributed by atoms with Crippen LogP contribution in [-0.4, -0.2) is 36.8 Å². The van der Waals surface area contributed by atoms with Gasteiger partial charge in [-0.1, -0.05) is 25.3 Å². The summed E-state index contributed by atoms with van der Waals surface area (Å²) in [5, 5.41) is -1.97. The number of rotatable bonds is 2. The summed E-state index contributed by atoms with van der Waals surface area (Å²) in [5.74, 6) is -1.28. The normalized spacial score (nSPS) is 22.9. The molecule has 0 bridgehead atoms. The fourth-order valence-corrected chi connectivity index (χ4v) is 5.62. The highest BCUT2D eigenvalue weighted by atomic mass is 32.2. The Kier molecular flexibility index (Phi) is 5.10. The van der Waals surface area contributed by atoms with Gasteiger partial charge in [0.2, 0.25) is 10.3 Å². The highest BCUT2D eigenvalue weighted by molar-refractivity contribution is 8.08. The molecule has 0 aromatic heterocycles. The first-order valence-electron chi connectivity index (χ1n) is 6.85. The second-order valence-corrected chi connectivity index (χ2v) is 8.22. The van der Waals surface area contributed by atoms with Crippen LogP contribution in [0.5, 0.6) is 0 Å². The topological polar surface area (TPSA) is 105 Å². The van der Waals surface area contributed by atoms with Gasteiger partial charge in [-0.25, -0.2) is 12.8 Å². The summed E-state index contributed by atoms with van der Waals surface area (Å²) in [4.78, 5) is 2.35. The van der Waals surface area contributed by atoms with E-state index in [0.717, 1.165) is 31.4 Å². The molecule has 1 saturated carbocycles. The maximum Gasteiger partial charge on any atom is 0.385 e. The van der Waals surface area contributed by atoms with E-state index < -0.39 is 47.0 Å². The zero-order chi connectivity index (χ0) is 16.3. The quantitative estimate of drug-likeness (QED) is 0.248. The minimum atomic E-state index is -4.22. The second kappa shape index (κ2) is 6.68. The number of allylic oxidation sites excluding steroid dienone is 3. The first-order chi connectivity index (χ1) is 10.4. The number of sulfone groups is 1. The van der Waals surface area contributed by atoms with Crippen molar-refractivity contribution < 1.29 is 26.0 Å². The molecule has 0 saturated heterocycles. The standard InChI is InChI=1S/C13H15FN2O4S2/c14-10-6-7-12(11(8-10)21(17)18)22(19,20)13(16-15)9-4-2-1-3-5-9/h6-9,12H,1-5H2. The van der Waals surface area contributed by atoms with E-state index in [1.165, 1.54) is 0 Å². The minimum Gasteiger partial charge on any atom is -0.360 e. The Morgan fingerprint density at radius 2 is 1.91 bits per heavy atom. The molecule has 9 heteroatoms. The van der Waals surface area contributed by atoms with Crippen LogP contribution in [0.2, 0.25) is 0 Å². The molecule has 0 N–H and O–H groups in total. The van der Waals surface area contributed by atoms with Crippen LogP contribution in [0.15, 0.2) is 24.1 Å². The fourth-order valence-electron chi connectivity index (χ4n) is 2.79. The monoisotopic (exact) mass is 346 g/mol. The third kappa shape index (κ3) is 3.26. The van der Waals surface area contributed by atoms with Crippen LogP contribution in [-0.2, 0) is 20.1 Å². The lowest BCUT2D eigenvalue weighted by Crippen LogP contribution is -2.39. The van der Waals surface area contributed by atoms with Crippen molar-refractivity contribution in [2.24, 2.45) is 5.92 Å². The lowest BCUT2D eigenvalue weighted by Gasteiger charge is -2.20. The molecule has 0 radical (unpaired) electrons. The van der Waals surface area contributed by atoms with Gasteiger partial charge >= 0.3 is 5.04 Å². The van der Waals surface area contributed by atoms with Crippen LogP contribution in [0.1, 0.15) is 32.1 Å². The minimum absolute atomic E-state index is 0.416. The van der Waals surface area contributed by atoms with Crippen molar-refractivity contribution in [3.8, 4) is 0 Å². The van der Waals surface area contributed by atoms with E-state index in [1.54, 1.807) is 0 Å². The molecule has 2 aliphatic rings. The molecule has 2 rings (SSSR count). The summed E-state index contributed by atoms with van der Waals surface area (Å²) in [6.07, 6.45) is 6.27. The molecule has 0 aliphatic heterocycles. The molecule has 0 heterocycles. The number of hydrogen-bond donors (Lipinski definition) is 0. The zero-order valence-corrected chi connectivity index (χ0v) is 13.3. The first-order valence-corrected chi connectivity index (χ1v) is 9.47. The SMILES string of the molecule is [N-]=[N+]=C(C1CCCCC1)S(=O)(=O)C1C=CC(F)=CC1=S(=O)=O. The van der Waals surface area contributed by atoms with Crippen LogP contribution in [0.4, 0.5) is 4.39 Å². The van der Waals surface area contributed by atoms with E-state index in [-0.39, 0.29) is 0 Å². The van der Waals surface area contributed by atoms with E-state index >= 15 is 0 Å². The molecule has 0 aromatic carbocycles. The summed E-state index contributed by atoms with van der Waals surface area (Å²) < 4.78 is 60.9. The van der Waals surface area contributed by atoms with Crippen LogP contribution in [0.25, 0.3) is 5.53 Å². The predicted molar refractivity (Wildman–Crippen MR) is 80.2 cm³/mol. The maximum atomic E-state index is 13.2. The van der Waals surface area contributed by atoms with E-state index in [9.17, 15) is 21.2 Å². The Labute approximate surface area is 129 Å². The van der Waals surface area contributed by atoms with Gasteiger partial charge < -0.3 is 5.53 Å². The van der Waals surface area contributed by atoms with Crippen molar-refractivity contribution in [2.75, 3.05) is 0 Å². The fraction of sp³-hybridized carbons (Fsp3) is 0.538. The van der Waals surface area contributed by atoms with Gasteiger partial charge in [-0.3, -0.25) is 0 Å². The first kappa shape index (κ1) is 16.8. The molecule has 1 fully saturated rings. The van der Waals surface area contributed by atoms with Gasteiger partial charge in [0.1, 0.15) is 11.1 Å². The van der Waals surface area contributed by atoms with Gasteiger partial charge in [0.25, 0.3) is 9.84 Å². The van der Waals surface area contributed by atoms with Crippen LogP contribution in [0.3, 0.4) is 0 Å². The molecule has 1 atom stereocenters. The molecule has 0 spiro atoms. The summed E-state index contributed by atoms with van der Waals surface area (Å²) in [6, 6.07) is 0. The number of hydrogen-bond acceptors (Lipinski definition) is 4. The Hall–Kier alpha value is -1.57. The molecular weight excluding hydrogens is 331 g/mol. The van der Waals surface area contributed by atoms with Crippen molar-refractivity contribution >= 4 is 30.0 Å². The van der Waals surface area contributed by atoms with E-state index in [0.29, 0.717) is 18.9 Å². The Bertz CT molecular complexity index is 804. The highest BCUT2D eigenvalue weighted by Gasteiger charge is 2.44. The van der Waals surface area contributed by atoms with E-state index in [4.69, 9.17) is 5.53 Å². The third-order valence-corrected chi connectivity index (χ3v) is 6.85. The van der Waals surface area contributed by atoms with Crippen LogP contribution < -0.4 is 0 Å². The molecule has 2 aliphatic carbocycles. The van der Waals surface area contributed by atoms with E-state index in [1.807, 2.05) is 0 Å². The van der Waals surface area contributed by atoms with Crippen molar-refractivity contribution in [3.05, 3.63) is 29.6 Å². The molecular formula is C13H15FN2O4S2. The summed E-state index contributed by atoms with van der Waals surface area (Å²) in [5.41, 5.74) is 9.15. The van der Waals surface area contributed by atoms with Crippen LogP contribution >= 0.6 is 0 Å². The van der Waals surface area contributed by atoms with Gasteiger partial charge in [-0.05, 0) is 25.0 Å². The van der Waals surface area contributed by atoms with Crippen molar-refractivity contribution in [1.29, 1.82) is 0 Å². The van der Waals surface area contributed by atoms with Crippen molar-refractivity contribution in [1.82, 2.24) is 0 Å². The van der Waals surface area contributed by atoms with Crippen molar-refractivity contribution in [2.45, 2.75) is 37.4 Å². The average Bonchev–Trinajstić information content (AvgIpc) is 2.48. The van der Waals surface area contributed by atoms with Crippen LogP contribution in [0, 0.1) is 5.92 Å². The molecule has 0 amide bonds. The summed E-state index contributed by atoms with van der Waals surface area (Å²) in [7, 11) is -7.11. The van der Waals surface area contributed by atoms with Gasteiger partial charge in [0.05, 0.1) is 10.8 Å². The Balaban J connectivity index is 2.47. The third-order valence-electron chi connectivity index (χ3n) is 3.86. The number of nitrogens with zero attached hydrogens (tertiary/aromatic N) is 2. The largest absolute Gasteiger partial charge is 0.385 e. The summed E-state index contributed by atoms with van der Waals surface area (Å²) in [6.45, 7) is 0. The second-order valence-electron chi connectivity index (χ2n) is 5.26. The Morgan fingerprint density at radius 1 is 1.27 bits per heavy atom. The summed E-state index contributed by atoms with van der Waals surface area (Å²) >= 11 is 0.